The van der Waals surface area contributed by atoms with Crippen LogP contribution in [0.3, 0.4) is 0 Å². The first-order valence-corrected chi connectivity index (χ1v) is 7.66. The Balaban J connectivity index is 2.16. The first-order valence-electron chi connectivity index (χ1n) is 6.84. The highest BCUT2D eigenvalue weighted by Crippen LogP contribution is 2.38. The number of aromatic nitrogens is 1. The fourth-order valence-electron chi connectivity index (χ4n) is 2.73. The predicted molar refractivity (Wildman–Crippen MR) is 72.8 cm³/mol. The van der Waals surface area contributed by atoms with Gasteiger partial charge in [-0.3, -0.25) is 0 Å². The lowest BCUT2D eigenvalue weighted by atomic mass is 9.90. The normalized spacial score (nSPS) is 19.5. The van der Waals surface area contributed by atoms with Gasteiger partial charge in [0.1, 0.15) is 0 Å². The number of hydrogen-bond donors (Lipinski definition) is 1. The third-order valence-electron chi connectivity index (χ3n) is 3.89. The minimum absolute atomic E-state index is 0.254. The van der Waals surface area contributed by atoms with Crippen LogP contribution in [0, 0.1) is 6.92 Å². The first kappa shape index (κ1) is 13.0. The van der Waals surface area contributed by atoms with Gasteiger partial charge >= 0.3 is 0 Å². The Morgan fingerprint density at radius 3 is 2.65 bits per heavy atom. The molecular formula is C14H23NOS. The standard InChI is InChI=1S/C14H23NOS/c1-3-11(9-16)13-10(2)15-14(17-13)12-7-5-4-6-8-12/h11-12,16H,3-9H2,1-2H3. The molecule has 2 rings (SSSR count). The Kier molecular flexibility index (Phi) is 4.57. The molecule has 0 spiro atoms. The van der Waals surface area contributed by atoms with Crippen LogP contribution in [-0.2, 0) is 0 Å². The van der Waals surface area contributed by atoms with Crippen LogP contribution in [0.4, 0.5) is 0 Å². The van der Waals surface area contributed by atoms with E-state index in [1.54, 1.807) is 0 Å². The average molecular weight is 253 g/mol. The molecule has 1 saturated carbocycles. The summed E-state index contributed by atoms with van der Waals surface area (Å²) in [6, 6.07) is 0. The van der Waals surface area contributed by atoms with Gasteiger partial charge in [-0.2, -0.15) is 0 Å². The lowest BCUT2D eigenvalue weighted by Gasteiger charge is -2.19. The smallest absolute Gasteiger partial charge is 0.0962 e. The van der Waals surface area contributed by atoms with Crippen LogP contribution in [0.5, 0.6) is 0 Å². The van der Waals surface area contributed by atoms with Gasteiger partial charge < -0.3 is 5.11 Å². The highest BCUT2D eigenvalue weighted by Gasteiger charge is 2.22. The molecular weight excluding hydrogens is 230 g/mol. The van der Waals surface area contributed by atoms with E-state index in [1.165, 1.54) is 42.0 Å². The Hall–Kier alpha value is -0.410. The van der Waals surface area contributed by atoms with E-state index >= 15 is 0 Å². The van der Waals surface area contributed by atoms with Crippen molar-refractivity contribution in [1.29, 1.82) is 0 Å². The van der Waals surface area contributed by atoms with Gasteiger partial charge in [-0.1, -0.05) is 26.2 Å². The quantitative estimate of drug-likeness (QED) is 0.880. The Bertz CT molecular complexity index is 351. The second-order valence-electron chi connectivity index (χ2n) is 5.12. The lowest BCUT2D eigenvalue weighted by Crippen LogP contribution is -2.03. The van der Waals surface area contributed by atoms with Gasteiger partial charge in [-0.25, -0.2) is 4.98 Å². The number of aryl methyl sites for hydroxylation is 1. The minimum Gasteiger partial charge on any atom is -0.396 e. The van der Waals surface area contributed by atoms with Crippen molar-refractivity contribution in [2.45, 2.75) is 64.2 Å². The molecule has 1 fully saturated rings. The number of nitrogens with zero attached hydrogens (tertiary/aromatic N) is 1. The Morgan fingerprint density at radius 2 is 2.06 bits per heavy atom. The molecule has 2 nitrogen and oxygen atoms in total. The molecule has 1 unspecified atom stereocenters. The third kappa shape index (κ3) is 2.89. The van der Waals surface area contributed by atoms with Crippen molar-refractivity contribution in [3.63, 3.8) is 0 Å². The Morgan fingerprint density at radius 1 is 1.35 bits per heavy atom. The maximum atomic E-state index is 9.40. The van der Waals surface area contributed by atoms with Crippen LogP contribution in [0.25, 0.3) is 0 Å². The highest BCUT2D eigenvalue weighted by molar-refractivity contribution is 7.12. The van der Waals surface area contributed by atoms with Gasteiger partial charge in [0.15, 0.2) is 0 Å². The molecule has 17 heavy (non-hydrogen) atoms. The number of thiazole rings is 1. The number of rotatable bonds is 4. The Labute approximate surface area is 108 Å². The monoisotopic (exact) mass is 253 g/mol. The van der Waals surface area contributed by atoms with E-state index < -0.39 is 0 Å². The van der Waals surface area contributed by atoms with Crippen molar-refractivity contribution in [3.05, 3.63) is 15.6 Å². The van der Waals surface area contributed by atoms with E-state index in [9.17, 15) is 5.11 Å². The third-order valence-corrected chi connectivity index (χ3v) is 5.37. The van der Waals surface area contributed by atoms with E-state index in [2.05, 4.69) is 13.8 Å². The van der Waals surface area contributed by atoms with Crippen LogP contribution >= 0.6 is 11.3 Å². The van der Waals surface area contributed by atoms with Gasteiger partial charge in [0.05, 0.1) is 17.3 Å². The van der Waals surface area contributed by atoms with Crippen LogP contribution in [0.2, 0.25) is 0 Å². The molecule has 0 saturated heterocycles. The molecule has 1 aromatic rings. The summed E-state index contributed by atoms with van der Waals surface area (Å²) in [4.78, 5) is 6.07. The second-order valence-corrected chi connectivity index (χ2v) is 6.19. The summed E-state index contributed by atoms with van der Waals surface area (Å²) in [6.45, 7) is 4.49. The summed E-state index contributed by atoms with van der Waals surface area (Å²) in [7, 11) is 0. The molecule has 3 heteroatoms. The van der Waals surface area contributed by atoms with Crippen molar-refractivity contribution < 1.29 is 5.11 Å². The molecule has 1 aliphatic carbocycles. The average Bonchev–Trinajstić information content (AvgIpc) is 2.75. The number of aliphatic hydroxyl groups excluding tert-OH is 1. The molecule has 1 N–H and O–H groups in total. The summed E-state index contributed by atoms with van der Waals surface area (Å²) in [6.07, 6.45) is 7.72. The first-order chi connectivity index (χ1) is 8.26. The molecule has 1 atom stereocenters. The molecule has 1 aromatic heterocycles. The molecule has 0 amide bonds. The lowest BCUT2D eigenvalue weighted by molar-refractivity contribution is 0.263. The summed E-state index contributed by atoms with van der Waals surface area (Å²) in [5, 5.41) is 10.7. The molecule has 1 heterocycles. The summed E-state index contributed by atoms with van der Waals surface area (Å²) < 4.78 is 0. The summed E-state index contributed by atoms with van der Waals surface area (Å²) in [5.74, 6) is 0.988. The fourth-order valence-corrected chi connectivity index (χ4v) is 4.14. The molecule has 0 aliphatic heterocycles. The SMILES string of the molecule is CCC(CO)c1sc(C2CCCCC2)nc1C. The van der Waals surface area contributed by atoms with Crippen molar-refractivity contribution in [3.8, 4) is 0 Å². The van der Waals surface area contributed by atoms with E-state index in [1.807, 2.05) is 11.3 Å². The summed E-state index contributed by atoms with van der Waals surface area (Å²) in [5.41, 5.74) is 1.15. The van der Waals surface area contributed by atoms with Crippen LogP contribution in [-0.4, -0.2) is 16.7 Å². The van der Waals surface area contributed by atoms with Crippen LogP contribution < -0.4 is 0 Å². The second kappa shape index (κ2) is 5.96. The van der Waals surface area contributed by atoms with Crippen LogP contribution in [0.1, 0.15) is 72.9 Å². The minimum atomic E-state index is 0.254. The van der Waals surface area contributed by atoms with Crippen molar-refractivity contribution >= 4 is 11.3 Å². The van der Waals surface area contributed by atoms with Gasteiger partial charge in [-0.05, 0) is 26.2 Å². The van der Waals surface area contributed by atoms with E-state index in [0.717, 1.165) is 12.1 Å². The molecule has 0 aromatic carbocycles. The van der Waals surface area contributed by atoms with Crippen molar-refractivity contribution in [1.82, 2.24) is 4.98 Å². The van der Waals surface area contributed by atoms with E-state index in [-0.39, 0.29) is 6.61 Å². The highest BCUT2D eigenvalue weighted by atomic mass is 32.1. The zero-order chi connectivity index (χ0) is 12.3. The van der Waals surface area contributed by atoms with E-state index in [0.29, 0.717) is 11.8 Å². The predicted octanol–water partition coefficient (Wildman–Crippen LogP) is 3.99. The fraction of sp³-hybridized carbons (Fsp3) is 0.786. The van der Waals surface area contributed by atoms with E-state index in [4.69, 9.17) is 4.98 Å². The van der Waals surface area contributed by atoms with Gasteiger partial charge in [0.2, 0.25) is 0 Å². The molecule has 0 radical (unpaired) electrons. The van der Waals surface area contributed by atoms with Gasteiger partial charge in [0.25, 0.3) is 0 Å². The van der Waals surface area contributed by atoms with Crippen molar-refractivity contribution in [2.24, 2.45) is 0 Å². The largest absolute Gasteiger partial charge is 0.396 e. The molecule has 1 aliphatic rings. The van der Waals surface area contributed by atoms with Gasteiger partial charge in [-0.15, -0.1) is 11.3 Å². The maximum absolute atomic E-state index is 9.40. The number of hydrogen-bond acceptors (Lipinski definition) is 3. The number of aliphatic hydroxyl groups is 1. The molecule has 0 bridgehead atoms. The zero-order valence-corrected chi connectivity index (χ0v) is 11.7. The molecule has 96 valence electrons. The summed E-state index contributed by atoms with van der Waals surface area (Å²) >= 11 is 1.85. The maximum Gasteiger partial charge on any atom is 0.0962 e. The van der Waals surface area contributed by atoms with Crippen molar-refractivity contribution in [2.75, 3.05) is 6.61 Å². The zero-order valence-electron chi connectivity index (χ0n) is 10.9. The van der Waals surface area contributed by atoms with Crippen LogP contribution in [0.15, 0.2) is 0 Å². The topological polar surface area (TPSA) is 33.1 Å². The van der Waals surface area contributed by atoms with Gasteiger partial charge in [0, 0.05) is 16.7 Å².